The van der Waals surface area contributed by atoms with Crippen molar-refractivity contribution >= 4 is 14.1 Å². The molecule has 0 aliphatic carbocycles. The van der Waals surface area contributed by atoms with E-state index in [9.17, 15) is 4.79 Å². The fourth-order valence-corrected chi connectivity index (χ4v) is 2.98. The van der Waals surface area contributed by atoms with E-state index in [1.807, 2.05) is 37.3 Å². The Kier molecular flexibility index (Phi) is 5.10. The molecule has 0 fully saturated rings. The summed E-state index contributed by atoms with van der Waals surface area (Å²) in [5.74, 6) is 0.105. The normalized spacial score (nSPS) is 14.2. The van der Waals surface area contributed by atoms with E-state index in [2.05, 4.69) is 33.9 Å². The molecule has 0 amide bonds. The van der Waals surface area contributed by atoms with Crippen LogP contribution in [0.3, 0.4) is 0 Å². The highest BCUT2D eigenvalue weighted by molar-refractivity contribution is 6.74. The van der Waals surface area contributed by atoms with Gasteiger partial charge in [0, 0.05) is 5.56 Å². The molecule has 0 saturated heterocycles. The van der Waals surface area contributed by atoms with Crippen LogP contribution in [-0.4, -0.2) is 20.2 Å². The minimum Gasteiger partial charge on any atom is -0.407 e. The van der Waals surface area contributed by atoms with E-state index in [-0.39, 0.29) is 16.9 Å². The molecule has 1 unspecified atom stereocenters. The molecule has 0 spiro atoms. The summed E-state index contributed by atoms with van der Waals surface area (Å²) in [4.78, 5) is 12.5. The summed E-state index contributed by atoms with van der Waals surface area (Å²) < 4.78 is 6.26. The highest BCUT2D eigenvalue weighted by atomic mass is 28.4. The summed E-state index contributed by atoms with van der Waals surface area (Å²) in [6.07, 6.45) is 0.406. The second-order valence-electron chi connectivity index (χ2n) is 6.51. The Labute approximate surface area is 118 Å². The van der Waals surface area contributed by atoms with Gasteiger partial charge in [-0.05, 0) is 24.6 Å². The van der Waals surface area contributed by atoms with Crippen LogP contribution in [0.4, 0.5) is 0 Å². The van der Waals surface area contributed by atoms with E-state index in [1.165, 1.54) is 0 Å². The Morgan fingerprint density at radius 1 is 1.21 bits per heavy atom. The lowest BCUT2D eigenvalue weighted by Crippen LogP contribution is -2.45. The van der Waals surface area contributed by atoms with Crippen LogP contribution in [0.25, 0.3) is 0 Å². The fraction of sp³-hybridized carbons (Fsp3) is 0.562. The molecule has 1 aromatic rings. The van der Waals surface area contributed by atoms with Crippen molar-refractivity contribution in [2.75, 3.05) is 0 Å². The number of hydrogen-bond acceptors (Lipinski definition) is 2. The average Bonchev–Trinajstić information content (AvgIpc) is 2.35. The maximum atomic E-state index is 12.5. The summed E-state index contributed by atoms with van der Waals surface area (Å²) in [5, 5.41) is 0.122. The summed E-state index contributed by atoms with van der Waals surface area (Å²) >= 11 is 0. The molecule has 0 bridgehead atoms. The summed E-state index contributed by atoms with van der Waals surface area (Å²) in [5.41, 5.74) is 0.744. The van der Waals surface area contributed by atoms with Gasteiger partial charge in [-0.1, -0.05) is 58.0 Å². The first-order valence-corrected chi connectivity index (χ1v) is 9.87. The number of hydrogen-bond donors (Lipinski definition) is 0. The van der Waals surface area contributed by atoms with Gasteiger partial charge in [0.2, 0.25) is 0 Å². The topological polar surface area (TPSA) is 26.3 Å². The third-order valence-corrected chi connectivity index (χ3v) is 8.45. The number of Topliss-reactive ketones (excluding diaryl/α,β-unsaturated/α-hetero) is 1. The predicted molar refractivity (Wildman–Crippen MR) is 83.1 cm³/mol. The van der Waals surface area contributed by atoms with Crippen molar-refractivity contribution in [2.45, 2.75) is 58.4 Å². The van der Waals surface area contributed by atoms with E-state index in [4.69, 9.17) is 4.43 Å². The van der Waals surface area contributed by atoms with Crippen molar-refractivity contribution in [2.24, 2.45) is 0 Å². The highest BCUT2D eigenvalue weighted by Gasteiger charge is 2.40. The molecule has 0 aromatic heterocycles. The molecule has 0 aliphatic heterocycles. The van der Waals surface area contributed by atoms with Gasteiger partial charge in [-0.15, -0.1) is 0 Å². The number of benzene rings is 1. The van der Waals surface area contributed by atoms with Crippen LogP contribution in [-0.2, 0) is 4.43 Å². The molecular formula is C16H26O2Si. The van der Waals surface area contributed by atoms with Gasteiger partial charge >= 0.3 is 0 Å². The molecule has 0 saturated carbocycles. The maximum absolute atomic E-state index is 12.5. The SMILES string of the molecule is CCC(O[Si](C)(C)C(C)(C)C)C(=O)c1ccccc1. The zero-order valence-corrected chi connectivity index (χ0v) is 14.0. The molecule has 1 atom stereocenters. The number of carbonyl (C=O) groups excluding carboxylic acids is 1. The van der Waals surface area contributed by atoms with Crippen molar-refractivity contribution in [1.82, 2.24) is 0 Å². The van der Waals surface area contributed by atoms with Gasteiger partial charge in [0.15, 0.2) is 14.1 Å². The van der Waals surface area contributed by atoms with Crippen LogP contribution in [0.1, 0.15) is 44.5 Å². The van der Waals surface area contributed by atoms with Gasteiger partial charge in [-0.25, -0.2) is 0 Å². The number of ketones is 1. The quantitative estimate of drug-likeness (QED) is 0.578. The van der Waals surface area contributed by atoms with Crippen molar-refractivity contribution in [3.63, 3.8) is 0 Å². The first-order chi connectivity index (χ1) is 8.69. The molecule has 0 aliphatic rings. The van der Waals surface area contributed by atoms with Crippen LogP contribution in [0.5, 0.6) is 0 Å². The summed E-state index contributed by atoms with van der Waals surface area (Å²) in [6.45, 7) is 13.0. The van der Waals surface area contributed by atoms with Gasteiger partial charge < -0.3 is 4.43 Å². The van der Waals surface area contributed by atoms with E-state index < -0.39 is 8.32 Å². The van der Waals surface area contributed by atoms with Crippen LogP contribution in [0.2, 0.25) is 18.1 Å². The monoisotopic (exact) mass is 278 g/mol. The summed E-state index contributed by atoms with van der Waals surface area (Å²) in [7, 11) is -1.91. The molecule has 0 heterocycles. The minimum absolute atomic E-state index is 0.105. The molecule has 106 valence electrons. The first-order valence-electron chi connectivity index (χ1n) is 6.96. The zero-order valence-electron chi connectivity index (χ0n) is 13.0. The van der Waals surface area contributed by atoms with Crippen molar-refractivity contribution < 1.29 is 9.22 Å². The van der Waals surface area contributed by atoms with E-state index >= 15 is 0 Å². The smallest absolute Gasteiger partial charge is 0.193 e. The van der Waals surface area contributed by atoms with Crippen molar-refractivity contribution in [3.8, 4) is 0 Å². The largest absolute Gasteiger partial charge is 0.407 e. The van der Waals surface area contributed by atoms with Crippen molar-refractivity contribution in [1.29, 1.82) is 0 Å². The Morgan fingerprint density at radius 2 is 1.74 bits per heavy atom. The van der Waals surface area contributed by atoms with Gasteiger partial charge in [-0.2, -0.15) is 0 Å². The molecule has 0 N–H and O–H groups in total. The van der Waals surface area contributed by atoms with Crippen LogP contribution in [0, 0.1) is 0 Å². The maximum Gasteiger partial charge on any atom is 0.193 e. The predicted octanol–water partition coefficient (Wildman–Crippen LogP) is 4.67. The van der Waals surface area contributed by atoms with Crippen LogP contribution < -0.4 is 0 Å². The lowest BCUT2D eigenvalue weighted by Gasteiger charge is -2.38. The number of carbonyl (C=O) groups is 1. The van der Waals surface area contributed by atoms with Crippen molar-refractivity contribution in [3.05, 3.63) is 35.9 Å². The second kappa shape index (κ2) is 6.01. The third kappa shape index (κ3) is 4.01. The lowest BCUT2D eigenvalue weighted by molar-refractivity contribution is 0.0760. The average molecular weight is 278 g/mol. The number of rotatable bonds is 5. The van der Waals surface area contributed by atoms with Crippen LogP contribution >= 0.6 is 0 Å². The molecule has 1 aromatic carbocycles. The molecule has 2 nitrogen and oxygen atoms in total. The van der Waals surface area contributed by atoms with Crippen LogP contribution in [0.15, 0.2) is 30.3 Å². The first kappa shape index (κ1) is 16.1. The minimum atomic E-state index is -1.91. The van der Waals surface area contributed by atoms with Gasteiger partial charge in [-0.3, -0.25) is 4.79 Å². The molecular weight excluding hydrogens is 252 g/mol. The zero-order chi connectivity index (χ0) is 14.7. The molecule has 1 rings (SSSR count). The Hall–Kier alpha value is -0.933. The Bertz CT molecular complexity index is 418. The van der Waals surface area contributed by atoms with E-state index in [0.29, 0.717) is 0 Å². The highest BCUT2D eigenvalue weighted by Crippen LogP contribution is 2.37. The Morgan fingerprint density at radius 3 is 2.16 bits per heavy atom. The second-order valence-corrected chi connectivity index (χ2v) is 11.3. The molecule has 19 heavy (non-hydrogen) atoms. The molecule has 3 heteroatoms. The summed E-state index contributed by atoms with van der Waals surface area (Å²) in [6, 6.07) is 9.44. The third-order valence-electron chi connectivity index (χ3n) is 3.96. The van der Waals surface area contributed by atoms with E-state index in [1.54, 1.807) is 0 Å². The van der Waals surface area contributed by atoms with Gasteiger partial charge in [0.25, 0.3) is 0 Å². The molecule has 0 radical (unpaired) electrons. The lowest BCUT2D eigenvalue weighted by atomic mass is 10.1. The van der Waals surface area contributed by atoms with E-state index in [0.717, 1.165) is 12.0 Å². The fourth-order valence-electron chi connectivity index (χ4n) is 1.64. The van der Waals surface area contributed by atoms with Gasteiger partial charge in [0.1, 0.15) is 6.10 Å². The standard InChI is InChI=1S/C16H26O2Si/c1-7-14(18-19(5,6)16(2,3)4)15(17)13-11-9-8-10-12-13/h8-12,14H,7H2,1-6H3. The van der Waals surface area contributed by atoms with Gasteiger partial charge in [0.05, 0.1) is 0 Å². The Balaban J connectivity index is 2.88.